The molecule has 2 aromatic carbocycles. The molecule has 4 nitrogen and oxygen atoms in total. The van der Waals surface area contributed by atoms with E-state index in [-0.39, 0.29) is 36.5 Å². The van der Waals surface area contributed by atoms with Crippen molar-refractivity contribution >= 4 is 22.4 Å². The predicted molar refractivity (Wildman–Crippen MR) is 113 cm³/mol. The van der Waals surface area contributed by atoms with Crippen molar-refractivity contribution in [1.82, 2.24) is 4.98 Å². The minimum atomic E-state index is -0.280. The Morgan fingerprint density at radius 3 is 2.43 bits per heavy atom. The second-order valence-electron chi connectivity index (χ2n) is 6.68. The Bertz CT molecular complexity index is 995. The lowest BCUT2D eigenvalue weighted by atomic mass is 9.82. The lowest BCUT2D eigenvalue weighted by molar-refractivity contribution is -0.120. The summed E-state index contributed by atoms with van der Waals surface area (Å²) in [4.78, 5) is 27.4. The van der Waals surface area contributed by atoms with Gasteiger partial charge < -0.3 is 10.3 Å². The van der Waals surface area contributed by atoms with Gasteiger partial charge in [0.1, 0.15) is 5.82 Å². The van der Waals surface area contributed by atoms with Crippen LogP contribution in [0.3, 0.4) is 0 Å². The first-order valence-corrected chi connectivity index (χ1v) is 9.21. The number of pyridine rings is 1. The van der Waals surface area contributed by atoms with E-state index in [1.165, 1.54) is 12.1 Å². The average Bonchev–Trinajstić information content (AvgIpc) is 2.67. The van der Waals surface area contributed by atoms with E-state index in [0.29, 0.717) is 17.5 Å². The summed E-state index contributed by atoms with van der Waals surface area (Å²) in [5.41, 5.74) is 1.47. The molecule has 1 aromatic heterocycles. The van der Waals surface area contributed by atoms with Gasteiger partial charge in [-0.25, -0.2) is 4.39 Å². The van der Waals surface area contributed by atoms with E-state index in [2.05, 4.69) is 10.3 Å². The van der Waals surface area contributed by atoms with Crippen LogP contribution < -0.4 is 10.9 Å². The first kappa shape index (κ1) is 21.4. The van der Waals surface area contributed by atoms with E-state index in [9.17, 15) is 14.0 Å². The van der Waals surface area contributed by atoms with E-state index in [4.69, 9.17) is 0 Å². The van der Waals surface area contributed by atoms with Gasteiger partial charge in [0.05, 0.1) is 0 Å². The zero-order valence-corrected chi connectivity index (χ0v) is 15.5. The molecule has 1 amide bonds. The Hall–Kier alpha value is -2.95. The number of aromatic amines is 1. The molecule has 3 rings (SSSR count). The van der Waals surface area contributed by atoms with Gasteiger partial charge in [0.25, 0.3) is 5.56 Å². The molecule has 1 heterocycles. The lowest BCUT2D eigenvalue weighted by Crippen LogP contribution is -2.27. The molecule has 0 saturated carbocycles. The van der Waals surface area contributed by atoms with Crippen LogP contribution in [-0.4, -0.2) is 10.9 Å². The van der Waals surface area contributed by atoms with Crippen LogP contribution >= 0.6 is 0 Å². The minimum Gasteiger partial charge on any atom is -0.329 e. The molecular formula is C23H27FN2O2. The molecule has 2 unspecified atom stereocenters. The zero-order valence-electron chi connectivity index (χ0n) is 15.5. The van der Waals surface area contributed by atoms with E-state index in [1.807, 2.05) is 13.8 Å². The normalized spacial score (nSPS) is 12.8. The largest absolute Gasteiger partial charge is 0.329 e. The maximum Gasteiger partial charge on any atom is 0.255 e. The molecule has 0 fully saturated rings. The number of amides is 1. The van der Waals surface area contributed by atoms with Gasteiger partial charge in [-0.3, -0.25) is 9.59 Å². The highest BCUT2D eigenvalue weighted by Crippen LogP contribution is 2.31. The summed E-state index contributed by atoms with van der Waals surface area (Å²) in [6, 6.07) is 13.4. The fourth-order valence-corrected chi connectivity index (χ4v) is 3.62. The Morgan fingerprint density at radius 1 is 1.07 bits per heavy atom. The smallest absolute Gasteiger partial charge is 0.255 e. The third-order valence-electron chi connectivity index (χ3n) is 5.04. The Labute approximate surface area is 164 Å². The molecule has 2 N–H and O–H groups in total. The monoisotopic (exact) mass is 382 g/mol. The molecule has 2 atom stereocenters. The van der Waals surface area contributed by atoms with Gasteiger partial charge in [-0.1, -0.05) is 33.4 Å². The molecule has 28 heavy (non-hydrogen) atoms. The standard InChI is InChI=1S/C22H23FN2O2.CH4/c1-3-18(14-5-7-16(23)8-6-14)19(4-2)22(27)25-17-9-10-20-15(13-17)11-12-24-21(20)26;/h5-13,18-19H,3-4H2,1-2H3,(H,24,26)(H,25,27);1H4. The predicted octanol–water partition coefficient (Wildman–Crippen LogP) is 5.46. The highest BCUT2D eigenvalue weighted by molar-refractivity contribution is 5.95. The minimum absolute atomic E-state index is 0. The average molecular weight is 382 g/mol. The molecule has 0 bridgehead atoms. The van der Waals surface area contributed by atoms with Crippen LogP contribution in [0.4, 0.5) is 10.1 Å². The molecule has 0 spiro atoms. The quantitative estimate of drug-likeness (QED) is 0.594. The Balaban J connectivity index is 0.00000280. The van der Waals surface area contributed by atoms with Crippen LogP contribution in [0.2, 0.25) is 0 Å². The van der Waals surface area contributed by atoms with Gasteiger partial charge in [0.2, 0.25) is 5.91 Å². The number of benzene rings is 2. The van der Waals surface area contributed by atoms with E-state index < -0.39 is 0 Å². The number of nitrogens with one attached hydrogen (secondary N) is 2. The molecular weight excluding hydrogens is 355 g/mol. The van der Waals surface area contributed by atoms with Crippen LogP contribution in [0.1, 0.15) is 45.6 Å². The highest BCUT2D eigenvalue weighted by Gasteiger charge is 2.27. The number of carbonyl (C=O) groups excluding carboxylic acids is 1. The SMILES string of the molecule is C.CCC(C(=O)Nc1ccc2c(=O)[nH]ccc2c1)C(CC)c1ccc(F)cc1. The number of H-pyrrole nitrogens is 1. The third-order valence-corrected chi connectivity index (χ3v) is 5.04. The fraction of sp³-hybridized carbons (Fsp3) is 0.304. The van der Waals surface area contributed by atoms with Crippen LogP contribution in [0.5, 0.6) is 0 Å². The molecule has 0 aliphatic carbocycles. The number of hydrogen-bond acceptors (Lipinski definition) is 2. The Morgan fingerprint density at radius 2 is 1.79 bits per heavy atom. The maximum absolute atomic E-state index is 13.2. The first-order chi connectivity index (χ1) is 13.0. The van der Waals surface area contributed by atoms with Crippen molar-refractivity contribution < 1.29 is 9.18 Å². The molecule has 0 aliphatic rings. The number of halogens is 1. The van der Waals surface area contributed by atoms with Crippen molar-refractivity contribution in [3.8, 4) is 0 Å². The summed E-state index contributed by atoms with van der Waals surface area (Å²) >= 11 is 0. The van der Waals surface area contributed by atoms with E-state index in [1.54, 1.807) is 42.6 Å². The van der Waals surface area contributed by atoms with Gasteiger partial charge in [-0.15, -0.1) is 0 Å². The highest BCUT2D eigenvalue weighted by atomic mass is 19.1. The molecule has 3 aromatic rings. The van der Waals surface area contributed by atoms with Crippen molar-refractivity contribution in [3.63, 3.8) is 0 Å². The number of rotatable bonds is 6. The summed E-state index contributed by atoms with van der Waals surface area (Å²) in [5, 5.41) is 4.33. The summed E-state index contributed by atoms with van der Waals surface area (Å²) in [5.74, 6) is -0.565. The molecule has 148 valence electrons. The summed E-state index contributed by atoms with van der Waals surface area (Å²) in [6.07, 6.45) is 3.05. The van der Waals surface area contributed by atoms with Gasteiger partial charge in [0, 0.05) is 23.2 Å². The number of carbonyl (C=O) groups is 1. The second kappa shape index (κ2) is 9.31. The molecule has 0 radical (unpaired) electrons. The molecule has 5 heteroatoms. The summed E-state index contributed by atoms with van der Waals surface area (Å²) in [7, 11) is 0. The second-order valence-corrected chi connectivity index (χ2v) is 6.68. The van der Waals surface area contributed by atoms with Crippen LogP contribution in [-0.2, 0) is 4.79 Å². The fourth-order valence-electron chi connectivity index (χ4n) is 3.62. The zero-order chi connectivity index (χ0) is 19.4. The number of anilines is 1. The number of fused-ring (bicyclic) bond motifs is 1. The summed E-state index contributed by atoms with van der Waals surface area (Å²) in [6.45, 7) is 4.02. The van der Waals surface area contributed by atoms with Gasteiger partial charge >= 0.3 is 0 Å². The lowest BCUT2D eigenvalue weighted by Gasteiger charge is -2.25. The van der Waals surface area contributed by atoms with Crippen LogP contribution in [0.15, 0.2) is 59.5 Å². The maximum atomic E-state index is 13.2. The van der Waals surface area contributed by atoms with Crippen molar-refractivity contribution in [2.45, 2.75) is 40.0 Å². The van der Waals surface area contributed by atoms with Crippen molar-refractivity contribution in [2.75, 3.05) is 5.32 Å². The van der Waals surface area contributed by atoms with E-state index in [0.717, 1.165) is 17.4 Å². The van der Waals surface area contributed by atoms with Gasteiger partial charge in [0.15, 0.2) is 0 Å². The first-order valence-electron chi connectivity index (χ1n) is 9.21. The van der Waals surface area contributed by atoms with Crippen molar-refractivity contribution in [1.29, 1.82) is 0 Å². The van der Waals surface area contributed by atoms with Crippen molar-refractivity contribution in [2.24, 2.45) is 5.92 Å². The van der Waals surface area contributed by atoms with Crippen molar-refractivity contribution in [3.05, 3.63) is 76.5 Å². The number of aromatic nitrogens is 1. The van der Waals surface area contributed by atoms with Gasteiger partial charge in [-0.05, 0) is 66.1 Å². The topological polar surface area (TPSA) is 62.0 Å². The third kappa shape index (κ3) is 4.47. The Kier molecular flexibility index (Phi) is 7.10. The number of hydrogen-bond donors (Lipinski definition) is 2. The van der Waals surface area contributed by atoms with E-state index >= 15 is 0 Å². The molecule has 0 aliphatic heterocycles. The van der Waals surface area contributed by atoms with Gasteiger partial charge in [-0.2, -0.15) is 0 Å². The van der Waals surface area contributed by atoms with Crippen LogP contribution in [0, 0.1) is 11.7 Å². The molecule has 0 saturated heterocycles. The summed E-state index contributed by atoms with van der Waals surface area (Å²) < 4.78 is 13.2. The van der Waals surface area contributed by atoms with Crippen LogP contribution in [0.25, 0.3) is 10.8 Å².